The minimum Gasteiger partial charge on any atom is -0.383 e. The molecule has 2 rings (SSSR count). The molecule has 0 saturated heterocycles. The molecule has 1 amide bonds. The summed E-state index contributed by atoms with van der Waals surface area (Å²) in [6.45, 7) is 0. The molecule has 0 radical (unpaired) electrons. The largest absolute Gasteiger partial charge is 0.383 e. The number of nitrogens with zero attached hydrogens (tertiary/aromatic N) is 1. The monoisotopic (exact) mass is 292 g/mol. The molecule has 0 aliphatic heterocycles. The van der Waals surface area contributed by atoms with Crippen molar-refractivity contribution in [3.63, 3.8) is 0 Å². The minimum absolute atomic E-state index is 0.0394. The van der Waals surface area contributed by atoms with Gasteiger partial charge in [0, 0.05) is 5.69 Å². The van der Waals surface area contributed by atoms with E-state index in [9.17, 15) is 9.90 Å². The van der Waals surface area contributed by atoms with E-state index < -0.39 is 12.0 Å². The summed E-state index contributed by atoms with van der Waals surface area (Å²) in [7, 11) is 0. The standard InChI is InChI=1S/C15H17ClN2O2/c16-13-8-12(7-6-11(13)9-17)18-15(20)14(19)10-4-2-1-3-5-10/h6-8,10,14,19H,1-5H2,(H,18,20). The van der Waals surface area contributed by atoms with Crippen LogP contribution in [0.2, 0.25) is 5.02 Å². The third kappa shape index (κ3) is 3.50. The highest BCUT2D eigenvalue weighted by Crippen LogP contribution is 2.27. The quantitative estimate of drug-likeness (QED) is 0.899. The average Bonchev–Trinajstić information content (AvgIpc) is 2.47. The topological polar surface area (TPSA) is 73.1 Å². The average molecular weight is 293 g/mol. The van der Waals surface area contributed by atoms with E-state index >= 15 is 0 Å². The van der Waals surface area contributed by atoms with Gasteiger partial charge in [-0.2, -0.15) is 5.26 Å². The summed E-state index contributed by atoms with van der Waals surface area (Å²) in [5, 5.41) is 21.8. The third-order valence-electron chi connectivity index (χ3n) is 3.72. The lowest BCUT2D eigenvalue weighted by atomic mass is 9.85. The Morgan fingerprint density at radius 2 is 2.10 bits per heavy atom. The lowest BCUT2D eigenvalue weighted by Gasteiger charge is -2.25. The van der Waals surface area contributed by atoms with Crippen molar-refractivity contribution in [2.45, 2.75) is 38.2 Å². The molecular weight excluding hydrogens is 276 g/mol. The fourth-order valence-electron chi connectivity index (χ4n) is 2.56. The molecule has 1 aliphatic rings. The van der Waals surface area contributed by atoms with Crippen molar-refractivity contribution >= 4 is 23.2 Å². The van der Waals surface area contributed by atoms with Gasteiger partial charge in [0.1, 0.15) is 12.2 Å². The van der Waals surface area contributed by atoms with Gasteiger partial charge in [0.05, 0.1) is 10.6 Å². The number of hydrogen-bond donors (Lipinski definition) is 2. The van der Waals surface area contributed by atoms with Gasteiger partial charge in [-0.15, -0.1) is 0 Å². The molecule has 0 aromatic heterocycles. The molecule has 1 saturated carbocycles. The molecule has 4 nitrogen and oxygen atoms in total. The number of anilines is 1. The van der Waals surface area contributed by atoms with E-state index in [0.717, 1.165) is 25.7 Å². The molecule has 20 heavy (non-hydrogen) atoms. The van der Waals surface area contributed by atoms with Crippen LogP contribution in [0.25, 0.3) is 0 Å². The molecule has 1 aromatic rings. The number of rotatable bonds is 3. The number of aliphatic hydroxyl groups is 1. The summed E-state index contributed by atoms with van der Waals surface area (Å²) in [6, 6.07) is 6.63. The third-order valence-corrected chi connectivity index (χ3v) is 4.03. The zero-order valence-corrected chi connectivity index (χ0v) is 11.9. The zero-order chi connectivity index (χ0) is 14.5. The summed E-state index contributed by atoms with van der Waals surface area (Å²) < 4.78 is 0. The Labute approximate surface area is 123 Å². The molecule has 106 valence electrons. The Morgan fingerprint density at radius 1 is 1.40 bits per heavy atom. The van der Waals surface area contributed by atoms with Crippen LogP contribution in [0.5, 0.6) is 0 Å². The predicted octanol–water partition coefficient (Wildman–Crippen LogP) is 3.09. The summed E-state index contributed by atoms with van der Waals surface area (Å²) in [5.74, 6) is -0.365. The second-order valence-electron chi connectivity index (χ2n) is 5.14. The van der Waals surface area contributed by atoms with Crippen molar-refractivity contribution in [1.82, 2.24) is 0 Å². The van der Waals surface area contributed by atoms with Gasteiger partial charge >= 0.3 is 0 Å². The second kappa shape index (κ2) is 6.74. The molecule has 1 aromatic carbocycles. The van der Waals surface area contributed by atoms with Crippen LogP contribution in [0, 0.1) is 17.2 Å². The van der Waals surface area contributed by atoms with Crippen molar-refractivity contribution in [3.8, 4) is 6.07 Å². The first-order chi connectivity index (χ1) is 9.61. The normalized spacial score (nSPS) is 17.2. The van der Waals surface area contributed by atoms with E-state index in [2.05, 4.69) is 5.32 Å². The molecule has 1 aliphatic carbocycles. The SMILES string of the molecule is N#Cc1ccc(NC(=O)C(O)C2CCCCC2)cc1Cl. The Hall–Kier alpha value is -1.57. The van der Waals surface area contributed by atoms with Crippen molar-refractivity contribution in [2.24, 2.45) is 5.92 Å². The fraction of sp³-hybridized carbons (Fsp3) is 0.467. The lowest BCUT2D eigenvalue weighted by molar-refractivity contribution is -0.127. The van der Waals surface area contributed by atoms with Crippen LogP contribution in [-0.2, 0) is 4.79 Å². The Morgan fingerprint density at radius 3 is 2.70 bits per heavy atom. The molecule has 2 N–H and O–H groups in total. The first-order valence-electron chi connectivity index (χ1n) is 6.80. The van der Waals surface area contributed by atoms with Crippen molar-refractivity contribution in [2.75, 3.05) is 5.32 Å². The number of nitriles is 1. The van der Waals surface area contributed by atoms with Gasteiger partial charge in [0.2, 0.25) is 0 Å². The smallest absolute Gasteiger partial charge is 0.253 e. The zero-order valence-electron chi connectivity index (χ0n) is 11.1. The van der Waals surface area contributed by atoms with E-state index in [1.807, 2.05) is 6.07 Å². The van der Waals surface area contributed by atoms with Gasteiger partial charge in [-0.05, 0) is 37.0 Å². The number of carbonyl (C=O) groups excluding carboxylic acids is 1. The van der Waals surface area contributed by atoms with Crippen LogP contribution in [0.3, 0.4) is 0 Å². The predicted molar refractivity (Wildman–Crippen MR) is 77.4 cm³/mol. The van der Waals surface area contributed by atoms with Crippen LogP contribution in [0.15, 0.2) is 18.2 Å². The summed E-state index contributed by atoms with van der Waals surface area (Å²) >= 11 is 5.90. The highest BCUT2D eigenvalue weighted by Gasteiger charge is 2.27. The molecule has 5 heteroatoms. The number of hydrogen-bond acceptors (Lipinski definition) is 3. The summed E-state index contributed by atoms with van der Waals surface area (Å²) in [4.78, 5) is 12.0. The van der Waals surface area contributed by atoms with Crippen molar-refractivity contribution in [1.29, 1.82) is 5.26 Å². The molecule has 1 fully saturated rings. The van der Waals surface area contributed by atoms with Gasteiger partial charge in [-0.25, -0.2) is 0 Å². The van der Waals surface area contributed by atoms with Crippen LogP contribution in [0.1, 0.15) is 37.7 Å². The first kappa shape index (κ1) is 14.8. The van der Waals surface area contributed by atoms with Crippen molar-refractivity contribution in [3.05, 3.63) is 28.8 Å². The van der Waals surface area contributed by atoms with Crippen LogP contribution < -0.4 is 5.32 Å². The number of amides is 1. The van der Waals surface area contributed by atoms with Gasteiger partial charge in [0.15, 0.2) is 0 Å². The maximum atomic E-state index is 12.0. The second-order valence-corrected chi connectivity index (χ2v) is 5.55. The highest BCUT2D eigenvalue weighted by molar-refractivity contribution is 6.32. The maximum Gasteiger partial charge on any atom is 0.253 e. The van der Waals surface area contributed by atoms with E-state index in [-0.39, 0.29) is 10.9 Å². The van der Waals surface area contributed by atoms with E-state index in [1.165, 1.54) is 12.5 Å². The number of aliphatic hydroxyl groups excluding tert-OH is 1. The molecular formula is C15H17ClN2O2. The number of halogens is 1. The minimum atomic E-state index is -0.982. The lowest BCUT2D eigenvalue weighted by Crippen LogP contribution is -2.35. The van der Waals surface area contributed by atoms with Crippen molar-refractivity contribution < 1.29 is 9.90 Å². The molecule has 1 atom stereocenters. The van der Waals surface area contributed by atoms with Gasteiger partial charge in [-0.1, -0.05) is 30.9 Å². The maximum absolute atomic E-state index is 12.0. The molecule has 1 unspecified atom stereocenters. The van der Waals surface area contributed by atoms with Gasteiger partial charge in [-0.3, -0.25) is 4.79 Å². The molecule has 0 spiro atoms. The van der Waals surface area contributed by atoms with E-state index in [4.69, 9.17) is 16.9 Å². The van der Waals surface area contributed by atoms with Gasteiger partial charge < -0.3 is 10.4 Å². The van der Waals surface area contributed by atoms with Gasteiger partial charge in [0.25, 0.3) is 5.91 Å². The number of nitrogens with one attached hydrogen (secondary N) is 1. The highest BCUT2D eigenvalue weighted by atomic mass is 35.5. The van der Waals surface area contributed by atoms with Crippen LogP contribution >= 0.6 is 11.6 Å². The molecule has 0 bridgehead atoms. The first-order valence-corrected chi connectivity index (χ1v) is 7.18. The van der Waals surface area contributed by atoms with Crippen LogP contribution in [0.4, 0.5) is 5.69 Å². The molecule has 0 heterocycles. The summed E-state index contributed by atoms with van der Waals surface area (Å²) in [5.41, 5.74) is 0.853. The Balaban J connectivity index is 2.00. The fourth-order valence-corrected chi connectivity index (χ4v) is 2.79. The Kier molecular flexibility index (Phi) is 4.99. The van der Waals surface area contributed by atoms with E-state index in [1.54, 1.807) is 12.1 Å². The van der Waals surface area contributed by atoms with Crippen LogP contribution in [-0.4, -0.2) is 17.1 Å². The summed E-state index contributed by atoms with van der Waals surface area (Å²) in [6.07, 6.45) is 4.11. The Bertz CT molecular complexity index is 533. The number of benzene rings is 1. The van der Waals surface area contributed by atoms with E-state index in [0.29, 0.717) is 11.3 Å². The number of carbonyl (C=O) groups is 1.